The average molecular weight is 427 g/mol. The van der Waals surface area contributed by atoms with Crippen molar-refractivity contribution in [3.63, 3.8) is 0 Å². The molecule has 4 rings (SSSR count). The molecule has 0 saturated heterocycles. The summed E-state index contributed by atoms with van der Waals surface area (Å²) in [5, 5.41) is 6.40. The summed E-state index contributed by atoms with van der Waals surface area (Å²) in [6.45, 7) is 13.0. The van der Waals surface area contributed by atoms with Crippen molar-refractivity contribution in [3.05, 3.63) is 68.6 Å². The van der Waals surface area contributed by atoms with Crippen molar-refractivity contribution in [2.75, 3.05) is 0 Å². The lowest BCUT2D eigenvalue weighted by atomic mass is 9.88. The van der Waals surface area contributed by atoms with Crippen LogP contribution in [-0.2, 0) is 16.2 Å². The Hall–Kier alpha value is -2.32. The van der Waals surface area contributed by atoms with Crippen LogP contribution in [0, 0.1) is 0 Å². The minimum Gasteiger partial charge on any atom is -0.348 e. The molecule has 29 heavy (non-hydrogen) atoms. The van der Waals surface area contributed by atoms with Gasteiger partial charge in [-0.3, -0.25) is 0 Å². The second-order valence-corrected chi connectivity index (χ2v) is 10.5. The molecule has 0 radical (unpaired) electrons. The van der Waals surface area contributed by atoms with Crippen LogP contribution in [0.25, 0.3) is 0 Å². The third-order valence-electron chi connectivity index (χ3n) is 5.54. The summed E-state index contributed by atoms with van der Waals surface area (Å²) in [6.07, 6.45) is 7.27. The smallest absolute Gasteiger partial charge is 0.117 e. The molecular formula is C21H26N6S2. The Morgan fingerprint density at radius 3 is 1.41 bits per heavy atom. The van der Waals surface area contributed by atoms with Crippen molar-refractivity contribution >= 4 is 22.7 Å². The van der Waals surface area contributed by atoms with Crippen LogP contribution >= 0.6 is 22.7 Å². The molecule has 0 aliphatic heterocycles. The lowest BCUT2D eigenvalue weighted by Gasteiger charge is -2.22. The topological polar surface area (TPSA) is 83.1 Å². The summed E-state index contributed by atoms with van der Waals surface area (Å²) >= 11 is 3.37. The molecule has 0 spiro atoms. The van der Waals surface area contributed by atoms with Gasteiger partial charge < -0.3 is 9.97 Å². The number of thiazole rings is 2. The van der Waals surface area contributed by atoms with Gasteiger partial charge >= 0.3 is 0 Å². The number of H-pyrrole nitrogens is 2. The van der Waals surface area contributed by atoms with Crippen LogP contribution < -0.4 is 0 Å². The fourth-order valence-electron chi connectivity index (χ4n) is 3.24. The number of nitrogens with one attached hydrogen (secondary N) is 2. The van der Waals surface area contributed by atoms with Gasteiger partial charge in [0, 0.05) is 35.5 Å². The molecule has 0 amide bonds. The van der Waals surface area contributed by atoms with Gasteiger partial charge in [0.15, 0.2) is 0 Å². The molecule has 0 unspecified atom stereocenters. The highest BCUT2D eigenvalue weighted by Gasteiger charge is 2.36. The van der Waals surface area contributed by atoms with Crippen molar-refractivity contribution in [2.24, 2.45) is 0 Å². The first-order valence-corrected chi connectivity index (χ1v) is 11.3. The molecule has 8 heteroatoms. The number of hydrogen-bond donors (Lipinski definition) is 2. The van der Waals surface area contributed by atoms with Crippen LogP contribution in [0.1, 0.15) is 74.6 Å². The Kier molecular flexibility index (Phi) is 4.74. The summed E-state index contributed by atoms with van der Waals surface area (Å²) in [4.78, 5) is 25.4. The van der Waals surface area contributed by atoms with Gasteiger partial charge in [0.05, 0.1) is 27.6 Å². The van der Waals surface area contributed by atoms with Gasteiger partial charge in [0.2, 0.25) is 0 Å². The molecule has 6 nitrogen and oxygen atoms in total. The van der Waals surface area contributed by atoms with Gasteiger partial charge in [-0.25, -0.2) is 19.9 Å². The first kappa shape index (κ1) is 20.0. The summed E-state index contributed by atoms with van der Waals surface area (Å²) in [6, 6.07) is 0. The van der Waals surface area contributed by atoms with Crippen LogP contribution in [-0.4, -0.2) is 29.9 Å². The Labute approximate surface area is 178 Å². The predicted molar refractivity (Wildman–Crippen MR) is 118 cm³/mol. The summed E-state index contributed by atoms with van der Waals surface area (Å²) in [5.41, 5.74) is 1.22. The van der Waals surface area contributed by atoms with E-state index in [0.717, 1.165) is 33.1 Å². The Bertz CT molecular complexity index is 998. The third-order valence-corrected chi connectivity index (χ3v) is 7.87. The zero-order valence-corrected chi connectivity index (χ0v) is 19.2. The fraction of sp³-hybridized carbons (Fsp3) is 0.429. The maximum Gasteiger partial charge on any atom is 0.117 e. The predicted octanol–water partition coefficient (Wildman–Crippen LogP) is 5.02. The molecule has 0 atom stereocenters. The second kappa shape index (κ2) is 6.88. The lowest BCUT2D eigenvalue weighted by molar-refractivity contribution is 0.556. The average Bonchev–Trinajstić information content (AvgIpc) is 3.50. The van der Waals surface area contributed by atoms with Gasteiger partial charge in [-0.15, -0.1) is 22.7 Å². The highest BCUT2D eigenvalue weighted by Crippen LogP contribution is 2.40. The fourth-order valence-corrected chi connectivity index (χ4v) is 5.53. The van der Waals surface area contributed by atoms with E-state index in [4.69, 9.17) is 9.97 Å². The van der Waals surface area contributed by atoms with Crippen molar-refractivity contribution in [1.29, 1.82) is 0 Å². The van der Waals surface area contributed by atoms with E-state index in [1.165, 1.54) is 0 Å². The number of imidazole rings is 2. The van der Waals surface area contributed by atoms with E-state index in [9.17, 15) is 0 Å². The van der Waals surface area contributed by atoms with Crippen molar-refractivity contribution in [3.8, 4) is 0 Å². The largest absolute Gasteiger partial charge is 0.348 e. The van der Waals surface area contributed by atoms with Crippen molar-refractivity contribution in [2.45, 2.75) is 57.8 Å². The molecule has 0 saturated carbocycles. The summed E-state index contributed by atoms with van der Waals surface area (Å²) in [7, 11) is 0. The molecule has 0 bridgehead atoms. The number of rotatable bonds is 6. The van der Waals surface area contributed by atoms with E-state index >= 15 is 0 Å². The van der Waals surface area contributed by atoms with Gasteiger partial charge in [-0.05, 0) is 41.5 Å². The first-order valence-electron chi connectivity index (χ1n) is 9.56. The van der Waals surface area contributed by atoms with Crippen LogP contribution in [0.3, 0.4) is 0 Å². The van der Waals surface area contributed by atoms with Gasteiger partial charge in [0.25, 0.3) is 0 Å². The zero-order chi connectivity index (χ0) is 20.9. The highest BCUT2D eigenvalue weighted by molar-refractivity contribution is 7.11. The molecule has 4 aromatic heterocycles. The number of nitrogens with zero attached hydrogens (tertiary/aromatic N) is 4. The van der Waals surface area contributed by atoms with Gasteiger partial charge in [0.1, 0.15) is 21.7 Å². The van der Waals surface area contributed by atoms with Crippen LogP contribution in [0.5, 0.6) is 0 Å². The summed E-state index contributed by atoms with van der Waals surface area (Å²) in [5.74, 6) is 1.84. The van der Waals surface area contributed by atoms with Gasteiger partial charge in [-0.2, -0.15) is 0 Å². The minimum atomic E-state index is -0.274. The van der Waals surface area contributed by atoms with Crippen LogP contribution in [0.2, 0.25) is 0 Å². The Balaban J connectivity index is 1.65. The molecule has 0 aliphatic carbocycles. The number of hydrogen-bond acceptors (Lipinski definition) is 6. The normalized spacial score (nSPS) is 13.2. The van der Waals surface area contributed by atoms with E-state index in [-0.39, 0.29) is 16.2 Å². The number of aromatic amines is 2. The van der Waals surface area contributed by atoms with E-state index in [1.807, 2.05) is 12.4 Å². The SMILES string of the molecule is CC(C)(c1csc(C(C)(C)c2nc(C(C)(C)c3ncc[nH]3)cs2)n1)c1ncc[nH]1. The molecule has 0 fully saturated rings. The van der Waals surface area contributed by atoms with Gasteiger partial charge in [-0.1, -0.05) is 0 Å². The standard InChI is InChI=1S/C21H26N6S2/c1-19(2,15-22-7-8-23-15)13-11-28-17(26-13)21(5,6)18-27-14(12-29-18)20(3,4)16-24-9-10-25-16/h7-12H,1-6H3,(H,22,23)(H,24,25). The number of aromatic nitrogens is 6. The zero-order valence-electron chi connectivity index (χ0n) is 17.6. The highest BCUT2D eigenvalue weighted by atomic mass is 32.1. The summed E-state index contributed by atoms with van der Waals surface area (Å²) < 4.78 is 0. The Morgan fingerprint density at radius 2 is 1.07 bits per heavy atom. The van der Waals surface area contributed by atoms with Crippen molar-refractivity contribution in [1.82, 2.24) is 29.9 Å². The monoisotopic (exact) mass is 426 g/mol. The van der Waals surface area contributed by atoms with E-state index in [1.54, 1.807) is 35.1 Å². The molecule has 0 aliphatic rings. The lowest BCUT2D eigenvalue weighted by Crippen LogP contribution is -2.24. The minimum absolute atomic E-state index is 0.273. The Morgan fingerprint density at radius 1 is 0.655 bits per heavy atom. The van der Waals surface area contributed by atoms with Crippen LogP contribution in [0.15, 0.2) is 35.5 Å². The molecule has 2 N–H and O–H groups in total. The first-order chi connectivity index (χ1) is 13.6. The quantitative estimate of drug-likeness (QED) is 0.453. The molecule has 0 aromatic carbocycles. The second-order valence-electron chi connectivity index (χ2n) is 8.83. The third kappa shape index (κ3) is 3.34. The van der Waals surface area contributed by atoms with E-state index < -0.39 is 0 Å². The molecule has 152 valence electrons. The maximum absolute atomic E-state index is 5.01. The molecular weight excluding hydrogens is 400 g/mol. The van der Waals surface area contributed by atoms with E-state index in [0.29, 0.717) is 0 Å². The van der Waals surface area contributed by atoms with Crippen LogP contribution in [0.4, 0.5) is 0 Å². The molecule has 4 heterocycles. The van der Waals surface area contributed by atoms with Crippen molar-refractivity contribution < 1.29 is 0 Å². The maximum atomic E-state index is 5.01. The van der Waals surface area contributed by atoms with E-state index in [2.05, 4.69) is 72.2 Å². The molecule has 4 aromatic rings.